The van der Waals surface area contributed by atoms with E-state index < -0.39 is 0 Å². The Bertz CT molecular complexity index is 869. The first-order chi connectivity index (χ1) is 11.7. The van der Waals surface area contributed by atoms with Crippen LogP contribution in [0.15, 0.2) is 48.7 Å². The number of H-pyrrole nitrogens is 1. The SMILES string of the molecule is COc1ccc2cc(C(=O)NC3CN(c4ccccn4)C3)[nH]c2c1. The van der Waals surface area contributed by atoms with E-state index in [1.165, 1.54) is 0 Å². The van der Waals surface area contributed by atoms with Crippen molar-refractivity contribution in [3.8, 4) is 5.75 Å². The summed E-state index contributed by atoms with van der Waals surface area (Å²) in [5.41, 5.74) is 1.46. The summed E-state index contributed by atoms with van der Waals surface area (Å²) in [4.78, 5) is 22.0. The van der Waals surface area contributed by atoms with Crippen molar-refractivity contribution in [1.82, 2.24) is 15.3 Å². The van der Waals surface area contributed by atoms with E-state index in [1.54, 1.807) is 13.3 Å². The lowest BCUT2D eigenvalue weighted by Crippen LogP contribution is -2.59. The van der Waals surface area contributed by atoms with Crippen molar-refractivity contribution in [3.05, 3.63) is 54.4 Å². The van der Waals surface area contributed by atoms with Crippen LogP contribution in [-0.2, 0) is 0 Å². The minimum atomic E-state index is -0.0872. The highest BCUT2D eigenvalue weighted by Gasteiger charge is 2.29. The average molecular weight is 322 g/mol. The van der Waals surface area contributed by atoms with E-state index >= 15 is 0 Å². The standard InChI is InChI=1S/C18H18N4O2/c1-24-14-6-5-12-8-16(21-15(12)9-14)18(23)20-13-10-22(11-13)17-4-2-3-7-19-17/h2-9,13,21H,10-11H2,1H3,(H,20,23). The van der Waals surface area contributed by atoms with E-state index in [2.05, 4.69) is 20.2 Å². The van der Waals surface area contributed by atoms with Crippen molar-refractivity contribution in [2.45, 2.75) is 6.04 Å². The number of benzene rings is 1. The molecule has 0 spiro atoms. The second-order valence-corrected chi connectivity index (χ2v) is 5.90. The number of carbonyl (C=O) groups is 1. The van der Waals surface area contributed by atoms with Gasteiger partial charge in [0.15, 0.2) is 0 Å². The molecule has 0 unspecified atom stereocenters. The maximum atomic E-state index is 12.4. The van der Waals surface area contributed by atoms with E-state index in [0.29, 0.717) is 5.69 Å². The molecule has 1 aliphatic rings. The second kappa shape index (κ2) is 5.88. The summed E-state index contributed by atoms with van der Waals surface area (Å²) in [6.45, 7) is 1.55. The van der Waals surface area contributed by atoms with Gasteiger partial charge in [0.05, 0.1) is 13.2 Å². The topological polar surface area (TPSA) is 70.2 Å². The molecule has 3 aromatic rings. The van der Waals surface area contributed by atoms with Crippen LogP contribution in [0.4, 0.5) is 5.82 Å². The van der Waals surface area contributed by atoms with Gasteiger partial charge in [-0.2, -0.15) is 0 Å². The molecule has 24 heavy (non-hydrogen) atoms. The van der Waals surface area contributed by atoms with E-state index in [0.717, 1.165) is 35.6 Å². The van der Waals surface area contributed by atoms with Crippen LogP contribution in [0.5, 0.6) is 5.75 Å². The van der Waals surface area contributed by atoms with E-state index in [4.69, 9.17) is 4.74 Å². The van der Waals surface area contributed by atoms with Crippen molar-refractivity contribution in [1.29, 1.82) is 0 Å². The lowest BCUT2D eigenvalue weighted by atomic mass is 10.1. The Morgan fingerprint density at radius 3 is 2.92 bits per heavy atom. The molecule has 1 aliphatic heterocycles. The summed E-state index contributed by atoms with van der Waals surface area (Å²) < 4.78 is 5.20. The molecular formula is C18H18N4O2. The first-order valence-electron chi connectivity index (χ1n) is 7.86. The van der Waals surface area contributed by atoms with Crippen LogP contribution >= 0.6 is 0 Å². The number of carbonyl (C=O) groups excluding carboxylic acids is 1. The largest absolute Gasteiger partial charge is 0.497 e. The van der Waals surface area contributed by atoms with E-state index in [9.17, 15) is 4.79 Å². The summed E-state index contributed by atoms with van der Waals surface area (Å²) in [5.74, 6) is 1.62. The number of fused-ring (bicyclic) bond motifs is 1. The van der Waals surface area contributed by atoms with Crippen molar-refractivity contribution in [2.75, 3.05) is 25.1 Å². The first kappa shape index (κ1) is 14.6. The first-order valence-corrected chi connectivity index (χ1v) is 7.86. The zero-order valence-electron chi connectivity index (χ0n) is 13.3. The summed E-state index contributed by atoms with van der Waals surface area (Å²) in [6, 6.07) is 13.5. The highest BCUT2D eigenvalue weighted by atomic mass is 16.5. The van der Waals surface area contributed by atoms with Crippen LogP contribution in [0.25, 0.3) is 10.9 Å². The molecule has 2 N–H and O–H groups in total. The van der Waals surface area contributed by atoms with E-state index in [1.807, 2.05) is 42.5 Å². The number of hydrogen-bond acceptors (Lipinski definition) is 4. The molecule has 0 radical (unpaired) electrons. The molecule has 1 saturated heterocycles. The smallest absolute Gasteiger partial charge is 0.268 e. The van der Waals surface area contributed by atoms with Crippen LogP contribution < -0.4 is 15.0 Å². The molecule has 2 aromatic heterocycles. The van der Waals surface area contributed by atoms with Gasteiger partial charge in [-0.1, -0.05) is 6.07 Å². The average Bonchev–Trinajstić information content (AvgIpc) is 3.01. The zero-order chi connectivity index (χ0) is 16.5. The molecule has 0 atom stereocenters. The molecule has 0 bridgehead atoms. The van der Waals surface area contributed by atoms with Gasteiger partial charge in [0.1, 0.15) is 17.3 Å². The van der Waals surface area contributed by atoms with Gasteiger partial charge in [-0.3, -0.25) is 4.79 Å². The number of ether oxygens (including phenoxy) is 1. The van der Waals surface area contributed by atoms with Crippen molar-refractivity contribution in [3.63, 3.8) is 0 Å². The van der Waals surface area contributed by atoms with Crippen LogP contribution in [0, 0.1) is 0 Å². The highest BCUT2D eigenvalue weighted by Crippen LogP contribution is 2.22. The molecular weight excluding hydrogens is 304 g/mol. The summed E-state index contributed by atoms with van der Waals surface area (Å²) in [5, 5.41) is 4.04. The summed E-state index contributed by atoms with van der Waals surface area (Å²) in [7, 11) is 1.63. The van der Waals surface area contributed by atoms with Gasteiger partial charge in [0.2, 0.25) is 0 Å². The lowest BCUT2D eigenvalue weighted by molar-refractivity contribution is 0.0926. The van der Waals surface area contributed by atoms with Crippen LogP contribution in [0.1, 0.15) is 10.5 Å². The fraction of sp³-hybridized carbons (Fsp3) is 0.222. The molecule has 122 valence electrons. The third kappa shape index (κ3) is 2.67. The number of anilines is 1. The number of nitrogens with zero attached hydrogens (tertiary/aromatic N) is 2. The van der Waals surface area contributed by atoms with Crippen molar-refractivity contribution in [2.24, 2.45) is 0 Å². The Morgan fingerprint density at radius 2 is 2.17 bits per heavy atom. The Morgan fingerprint density at radius 1 is 1.29 bits per heavy atom. The number of aromatic amines is 1. The normalized spacial score (nSPS) is 14.5. The fourth-order valence-corrected chi connectivity index (χ4v) is 2.92. The third-order valence-corrected chi connectivity index (χ3v) is 4.26. The highest BCUT2D eigenvalue weighted by molar-refractivity contribution is 5.98. The van der Waals surface area contributed by atoms with Crippen molar-refractivity contribution >= 4 is 22.6 Å². The molecule has 1 amide bonds. The number of hydrogen-bond donors (Lipinski definition) is 2. The second-order valence-electron chi connectivity index (χ2n) is 5.90. The molecule has 3 heterocycles. The molecule has 1 aromatic carbocycles. The predicted octanol–water partition coefficient (Wildman–Crippen LogP) is 2.19. The Kier molecular flexibility index (Phi) is 3.57. The van der Waals surface area contributed by atoms with E-state index in [-0.39, 0.29) is 11.9 Å². The van der Waals surface area contributed by atoms with Crippen LogP contribution in [-0.4, -0.2) is 42.1 Å². The van der Waals surface area contributed by atoms with Gasteiger partial charge in [0.25, 0.3) is 5.91 Å². The van der Waals surface area contributed by atoms with Gasteiger partial charge >= 0.3 is 0 Å². The predicted molar refractivity (Wildman–Crippen MR) is 92.6 cm³/mol. The minimum absolute atomic E-state index is 0.0872. The number of methoxy groups -OCH3 is 1. The quantitative estimate of drug-likeness (QED) is 0.772. The molecule has 1 fully saturated rings. The van der Waals surface area contributed by atoms with Crippen LogP contribution in [0.2, 0.25) is 0 Å². The van der Waals surface area contributed by atoms with Crippen LogP contribution in [0.3, 0.4) is 0 Å². The number of amides is 1. The molecule has 6 heteroatoms. The summed E-state index contributed by atoms with van der Waals surface area (Å²) in [6.07, 6.45) is 1.78. The maximum Gasteiger partial charge on any atom is 0.268 e. The van der Waals surface area contributed by atoms with Gasteiger partial charge in [-0.15, -0.1) is 0 Å². The van der Waals surface area contributed by atoms with Gasteiger partial charge in [-0.25, -0.2) is 4.98 Å². The minimum Gasteiger partial charge on any atom is -0.497 e. The van der Waals surface area contributed by atoms with Gasteiger partial charge < -0.3 is 19.9 Å². The maximum absolute atomic E-state index is 12.4. The zero-order valence-corrected chi connectivity index (χ0v) is 13.3. The lowest BCUT2D eigenvalue weighted by Gasteiger charge is -2.40. The molecule has 6 nitrogen and oxygen atoms in total. The number of rotatable bonds is 4. The van der Waals surface area contributed by atoms with Crippen molar-refractivity contribution < 1.29 is 9.53 Å². The molecule has 0 saturated carbocycles. The monoisotopic (exact) mass is 322 g/mol. The summed E-state index contributed by atoms with van der Waals surface area (Å²) >= 11 is 0. The number of nitrogens with one attached hydrogen (secondary N) is 2. The Balaban J connectivity index is 1.40. The molecule has 4 rings (SSSR count). The Labute approximate surface area is 139 Å². The number of pyridine rings is 1. The molecule has 0 aliphatic carbocycles. The number of aromatic nitrogens is 2. The van der Waals surface area contributed by atoms with Gasteiger partial charge in [-0.05, 0) is 30.3 Å². The Hall–Kier alpha value is -3.02. The fourth-order valence-electron chi connectivity index (χ4n) is 2.92. The third-order valence-electron chi connectivity index (χ3n) is 4.26. The van der Waals surface area contributed by atoms with Gasteiger partial charge in [0, 0.05) is 36.3 Å².